The molecule has 1 saturated carbocycles. The molecule has 0 saturated heterocycles. The van der Waals surface area contributed by atoms with Crippen molar-refractivity contribution in [1.82, 2.24) is 4.98 Å². The highest BCUT2D eigenvalue weighted by Gasteiger charge is 2.43. The van der Waals surface area contributed by atoms with Gasteiger partial charge in [0, 0.05) is 12.4 Å². The van der Waals surface area contributed by atoms with Crippen LogP contribution in [0.15, 0.2) is 24.5 Å². The lowest BCUT2D eigenvalue weighted by Crippen LogP contribution is -2.40. The van der Waals surface area contributed by atoms with Crippen LogP contribution in [0.2, 0.25) is 0 Å². The molecule has 0 atom stereocenters. The number of nitrogens with zero attached hydrogens (tertiary/aromatic N) is 1. The minimum absolute atomic E-state index is 0.352. The fraction of sp³-hybridized carbons (Fsp3) is 0.500. The SMILES string of the molecule is O=C(O)C1(c2ccncc2)CCC(O)CC1. The van der Waals surface area contributed by atoms with Crippen molar-refractivity contribution in [2.75, 3.05) is 0 Å². The lowest BCUT2D eigenvalue weighted by Gasteiger charge is -2.35. The van der Waals surface area contributed by atoms with Gasteiger partial charge in [0.1, 0.15) is 0 Å². The highest BCUT2D eigenvalue weighted by Crippen LogP contribution is 2.39. The molecule has 4 heteroatoms. The van der Waals surface area contributed by atoms with Crippen molar-refractivity contribution >= 4 is 5.97 Å². The second kappa shape index (κ2) is 4.22. The van der Waals surface area contributed by atoms with E-state index in [2.05, 4.69) is 4.98 Å². The maximum Gasteiger partial charge on any atom is 0.314 e. The Balaban J connectivity index is 2.34. The molecule has 2 N–H and O–H groups in total. The smallest absolute Gasteiger partial charge is 0.314 e. The second-order valence-corrected chi connectivity index (χ2v) is 4.35. The molecule has 4 nitrogen and oxygen atoms in total. The van der Waals surface area contributed by atoms with Gasteiger partial charge in [0.15, 0.2) is 0 Å². The first-order valence-electron chi connectivity index (χ1n) is 5.47. The monoisotopic (exact) mass is 221 g/mol. The van der Waals surface area contributed by atoms with Crippen LogP contribution < -0.4 is 0 Å². The Labute approximate surface area is 93.9 Å². The van der Waals surface area contributed by atoms with Gasteiger partial charge in [-0.25, -0.2) is 0 Å². The van der Waals surface area contributed by atoms with Gasteiger partial charge >= 0.3 is 5.97 Å². The fourth-order valence-corrected chi connectivity index (χ4v) is 2.39. The Bertz CT molecular complexity index is 369. The molecule has 0 radical (unpaired) electrons. The van der Waals surface area contributed by atoms with E-state index >= 15 is 0 Å². The highest BCUT2D eigenvalue weighted by atomic mass is 16.4. The van der Waals surface area contributed by atoms with Crippen LogP contribution in [0.1, 0.15) is 31.2 Å². The molecule has 1 heterocycles. The minimum atomic E-state index is -0.831. The van der Waals surface area contributed by atoms with Gasteiger partial charge < -0.3 is 10.2 Å². The number of carboxylic acid groups (broad SMARTS) is 1. The number of aliphatic hydroxyl groups excluding tert-OH is 1. The molecule has 0 unspecified atom stereocenters. The number of aromatic nitrogens is 1. The van der Waals surface area contributed by atoms with E-state index in [1.54, 1.807) is 24.5 Å². The minimum Gasteiger partial charge on any atom is -0.481 e. The van der Waals surface area contributed by atoms with Gasteiger partial charge in [-0.3, -0.25) is 9.78 Å². The predicted octanol–water partition coefficient (Wildman–Crippen LogP) is 1.34. The van der Waals surface area contributed by atoms with Gasteiger partial charge in [0.05, 0.1) is 11.5 Å². The number of carboxylic acids is 1. The highest BCUT2D eigenvalue weighted by molar-refractivity contribution is 5.81. The normalized spacial score (nSPS) is 29.9. The first kappa shape index (κ1) is 11.1. The fourth-order valence-electron chi connectivity index (χ4n) is 2.39. The standard InChI is InChI=1S/C12H15NO3/c14-10-1-5-12(6-2-10,11(15)16)9-3-7-13-8-4-9/h3-4,7-8,10,14H,1-2,5-6H2,(H,15,16). The quantitative estimate of drug-likeness (QED) is 0.790. The zero-order valence-electron chi connectivity index (χ0n) is 8.97. The van der Waals surface area contributed by atoms with Crippen molar-refractivity contribution in [3.63, 3.8) is 0 Å². The lowest BCUT2D eigenvalue weighted by molar-refractivity contribution is -0.146. The van der Waals surface area contributed by atoms with Gasteiger partial charge in [-0.2, -0.15) is 0 Å². The van der Waals surface area contributed by atoms with Crippen LogP contribution in [0.3, 0.4) is 0 Å². The first-order chi connectivity index (χ1) is 7.65. The van der Waals surface area contributed by atoms with Gasteiger partial charge in [-0.05, 0) is 43.4 Å². The molecule has 0 aliphatic heterocycles. The molecule has 1 fully saturated rings. The molecule has 16 heavy (non-hydrogen) atoms. The predicted molar refractivity (Wildman–Crippen MR) is 58.0 cm³/mol. The van der Waals surface area contributed by atoms with Crippen molar-refractivity contribution in [1.29, 1.82) is 0 Å². The largest absolute Gasteiger partial charge is 0.481 e. The van der Waals surface area contributed by atoms with Gasteiger partial charge in [-0.15, -0.1) is 0 Å². The number of pyridine rings is 1. The number of aliphatic carboxylic acids is 1. The Morgan fingerprint density at radius 1 is 1.31 bits per heavy atom. The molecule has 0 bridgehead atoms. The van der Waals surface area contributed by atoms with E-state index in [0.29, 0.717) is 25.7 Å². The molecule has 86 valence electrons. The van der Waals surface area contributed by atoms with E-state index < -0.39 is 11.4 Å². The summed E-state index contributed by atoms with van der Waals surface area (Å²) >= 11 is 0. The Morgan fingerprint density at radius 3 is 2.38 bits per heavy atom. The van der Waals surface area contributed by atoms with Crippen molar-refractivity contribution < 1.29 is 15.0 Å². The molecule has 1 aliphatic rings. The zero-order chi connectivity index (χ0) is 11.6. The maximum absolute atomic E-state index is 11.5. The number of carbonyl (C=O) groups is 1. The van der Waals surface area contributed by atoms with Crippen molar-refractivity contribution in [3.05, 3.63) is 30.1 Å². The molecule has 0 aromatic carbocycles. The van der Waals surface area contributed by atoms with Crippen LogP contribution in [0.25, 0.3) is 0 Å². The molecule has 1 aromatic rings. The summed E-state index contributed by atoms with van der Waals surface area (Å²) in [5, 5.41) is 18.9. The first-order valence-corrected chi connectivity index (χ1v) is 5.47. The van der Waals surface area contributed by atoms with Crippen LogP contribution in [-0.2, 0) is 10.2 Å². The second-order valence-electron chi connectivity index (χ2n) is 4.35. The third-order valence-electron chi connectivity index (χ3n) is 3.45. The van der Waals surface area contributed by atoms with Crippen LogP contribution >= 0.6 is 0 Å². The summed E-state index contributed by atoms with van der Waals surface area (Å²) in [5.74, 6) is -0.800. The van der Waals surface area contributed by atoms with E-state index in [1.165, 1.54) is 0 Å². The summed E-state index contributed by atoms with van der Waals surface area (Å²) in [5.41, 5.74) is -0.0378. The van der Waals surface area contributed by atoms with Crippen LogP contribution in [-0.4, -0.2) is 27.3 Å². The van der Waals surface area contributed by atoms with Crippen molar-refractivity contribution in [3.8, 4) is 0 Å². The van der Waals surface area contributed by atoms with E-state index in [1.807, 2.05) is 0 Å². The number of hydrogen-bond donors (Lipinski definition) is 2. The van der Waals surface area contributed by atoms with E-state index in [-0.39, 0.29) is 6.10 Å². The Hall–Kier alpha value is -1.42. The third-order valence-corrected chi connectivity index (χ3v) is 3.45. The van der Waals surface area contributed by atoms with E-state index in [9.17, 15) is 15.0 Å². The molecule has 1 aliphatic carbocycles. The maximum atomic E-state index is 11.5. The van der Waals surface area contributed by atoms with Gasteiger partial charge in [0.25, 0.3) is 0 Å². The van der Waals surface area contributed by atoms with Crippen LogP contribution in [0.4, 0.5) is 0 Å². The van der Waals surface area contributed by atoms with Crippen LogP contribution in [0.5, 0.6) is 0 Å². The number of rotatable bonds is 2. The molecule has 0 spiro atoms. The lowest BCUT2D eigenvalue weighted by atomic mass is 9.69. The Kier molecular flexibility index (Phi) is 2.92. The van der Waals surface area contributed by atoms with Crippen molar-refractivity contribution in [2.45, 2.75) is 37.2 Å². The average Bonchev–Trinajstić information content (AvgIpc) is 2.31. The van der Waals surface area contributed by atoms with E-state index in [4.69, 9.17) is 0 Å². The van der Waals surface area contributed by atoms with Crippen molar-refractivity contribution in [2.24, 2.45) is 0 Å². The van der Waals surface area contributed by atoms with E-state index in [0.717, 1.165) is 5.56 Å². The topological polar surface area (TPSA) is 70.4 Å². The zero-order valence-corrected chi connectivity index (χ0v) is 8.97. The summed E-state index contributed by atoms with van der Waals surface area (Å²) in [4.78, 5) is 15.4. The molecular weight excluding hydrogens is 206 g/mol. The summed E-state index contributed by atoms with van der Waals surface area (Å²) in [7, 11) is 0. The molecular formula is C12H15NO3. The number of hydrogen-bond acceptors (Lipinski definition) is 3. The summed E-state index contributed by atoms with van der Waals surface area (Å²) in [6.45, 7) is 0. The summed E-state index contributed by atoms with van der Waals surface area (Å²) in [6, 6.07) is 3.51. The van der Waals surface area contributed by atoms with Gasteiger partial charge in [0.2, 0.25) is 0 Å². The molecule has 0 amide bonds. The molecule has 1 aromatic heterocycles. The Morgan fingerprint density at radius 2 is 1.88 bits per heavy atom. The van der Waals surface area contributed by atoms with Gasteiger partial charge in [-0.1, -0.05) is 0 Å². The van der Waals surface area contributed by atoms with Crippen LogP contribution in [0, 0.1) is 0 Å². The third kappa shape index (κ3) is 1.80. The molecule has 2 rings (SSSR count). The average molecular weight is 221 g/mol. The summed E-state index contributed by atoms with van der Waals surface area (Å²) in [6.07, 6.45) is 4.97. The summed E-state index contributed by atoms with van der Waals surface area (Å²) < 4.78 is 0. The number of aliphatic hydroxyl groups is 1.